The molecule has 3 rings (SSSR count). The van der Waals surface area contributed by atoms with Gasteiger partial charge in [-0.15, -0.1) is 0 Å². The van der Waals surface area contributed by atoms with Crippen LogP contribution < -0.4 is 16.0 Å². The van der Waals surface area contributed by atoms with Gasteiger partial charge in [-0.25, -0.2) is 0 Å². The predicted octanol–water partition coefficient (Wildman–Crippen LogP) is 1.97. The molecule has 204 valence electrons. The van der Waals surface area contributed by atoms with E-state index in [2.05, 4.69) is 25.8 Å². The summed E-state index contributed by atoms with van der Waals surface area (Å²) in [5.41, 5.74) is 2.54. The number of rotatable bonds is 12. The number of hydrogen-bond donors (Lipinski definition) is 3. The number of carbonyl (C=O) groups is 4. The second kappa shape index (κ2) is 14.4. The minimum atomic E-state index is -0.698. The lowest BCUT2D eigenvalue weighted by Gasteiger charge is -2.29. The van der Waals surface area contributed by atoms with Crippen LogP contribution in [0.25, 0.3) is 11.3 Å². The molecule has 2 heterocycles. The monoisotopic (exact) mass is 521 g/mol. The largest absolute Gasteiger partial charge is 0.349 e. The maximum absolute atomic E-state index is 12.8. The van der Waals surface area contributed by atoms with Crippen molar-refractivity contribution in [1.82, 2.24) is 25.8 Å². The van der Waals surface area contributed by atoms with Gasteiger partial charge >= 0.3 is 0 Å². The average molecular weight is 522 g/mol. The molecule has 1 atom stereocenters. The minimum absolute atomic E-state index is 0.102. The van der Waals surface area contributed by atoms with Crippen molar-refractivity contribution >= 4 is 23.5 Å². The zero-order valence-electron chi connectivity index (χ0n) is 22.5. The second-order valence-corrected chi connectivity index (χ2v) is 10.4. The summed E-state index contributed by atoms with van der Waals surface area (Å²) in [5, 5.41) is 8.15. The van der Waals surface area contributed by atoms with Crippen LogP contribution in [0.3, 0.4) is 0 Å². The second-order valence-electron chi connectivity index (χ2n) is 10.4. The predicted molar refractivity (Wildman–Crippen MR) is 146 cm³/mol. The zero-order chi connectivity index (χ0) is 27.5. The van der Waals surface area contributed by atoms with Crippen molar-refractivity contribution < 1.29 is 19.2 Å². The third-order valence-corrected chi connectivity index (χ3v) is 6.62. The molecule has 1 fully saturated rings. The first-order valence-electron chi connectivity index (χ1n) is 13.3. The van der Waals surface area contributed by atoms with Crippen molar-refractivity contribution in [1.29, 1.82) is 0 Å². The van der Waals surface area contributed by atoms with E-state index < -0.39 is 6.04 Å². The van der Waals surface area contributed by atoms with Crippen LogP contribution in [0.5, 0.6) is 0 Å². The molecule has 38 heavy (non-hydrogen) atoms. The number of likely N-dealkylation sites (tertiary alicyclic amines) is 1. The van der Waals surface area contributed by atoms with Crippen LogP contribution in [0, 0.1) is 11.8 Å². The van der Waals surface area contributed by atoms with Crippen molar-refractivity contribution in [2.75, 3.05) is 33.2 Å². The lowest BCUT2D eigenvalue weighted by atomic mass is 9.95. The fourth-order valence-corrected chi connectivity index (χ4v) is 4.45. The number of ketones is 1. The molecule has 1 aromatic carbocycles. The highest BCUT2D eigenvalue weighted by Crippen LogP contribution is 2.18. The zero-order valence-corrected chi connectivity index (χ0v) is 22.5. The quantitative estimate of drug-likeness (QED) is 0.393. The topological polar surface area (TPSA) is 121 Å². The van der Waals surface area contributed by atoms with Crippen LogP contribution in [0.15, 0.2) is 48.7 Å². The van der Waals surface area contributed by atoms with Gasteiger partial charge < -0.3 is 20.9 Å². The summed E-state index contributed by atoms with van der Waals surface area (Å²) in [6.07, 6.45) is 3.86. The van der Waals surface area contributed by atoms with E-state index in [1.165, 1.54) is 0 Å². The Kier molecular flexibility index (Phi) is 11.0. The van der Waals surface area contributed by atoms with Gasteiger partial charge in [-0.2, -0.15) is 0 Å². The van der Waals surface area contributed by atoms with E-state index in [-0.39, 0.29) is 54.9 Å². The molecule has 9 nitrogen and oxygen atoms in total. The van der Waals surface area contributed by atoms with Crippen LogP contribution in [-0.2, 0) is 25.6 Å². The Morgan fingerprint density at radius 1 is 1.00 bits per heavy atom. The molecule has 0 aliphatic carbocycles. The molecule has 1 saturated heterocycles. The number of Topliss-reactive ketones (excluding diaryl/α,β-unsaturated/α-hetero) is 1. The Hall–Kier alpha value is -3.59. The van der Waals surface area contributed by atoms with Crippen LogP contribution in [0.4, 0.5) is 0 Å². The van der Waals surface area contributed by atoms with Crippen molar-refractivity contribution in [3.8, 4) is 11.3 Å². The molecule has 3 amide bonds. The minimum Gasteiger partial charge on any atom is -0.349 e. The maximum Gasteiger partial charge on any atom is 0.242 e. The lowest BCUT2D eigenvalue weighted by Crippen LogP contribution is -2.51. The molecule has 1 unspecified atom stereocenters. The number of hydrogen-bond acceptors (Lipinski definition) is 6. The lowest BCUT2D eigenvalue weighted by molar-refractivity contribution is -0.133. The van der Waals surface area contributed by atoms with E-state index in [1.54, 1.807) is 6.20 Å². The SMILES string of the molecule is CC(C)CC(NC(=O)C1CCN(C)CC1)C(=O)NCC(=O)CNC(=O)Cc1cccc(-c2ccccn2)c1. The van der Waals surface area contributed by atoms with Gasteiger partial charge in [-0.3, -0.25) is 24.2 Å². The van der Waals surface area contributed by atoms with Crippen LogP contribution >= 0.6 is 0 Å². The summed E-state index contributed by atoms with van der Waals surface area (Å²) < 4.78 is 0. The number of aromatic nitrogens is 1. The van der Waals surface area contributed by atoms with Crippen LogP contribution in [0.2, 0.25) is 0 Å². The van der Waals surface area contributed by atoms with E-state index >= 15 is 0 Å². The van der Waals surface area contributed by atoms with Gasteiger partial charge in [0.2, 0.25) is 17.7 Å². The van der Waals surface area contributed by atoms with Gasteiger partial charge in [0.15, 0.2) is 5.78 Å². The standard InChI is InChI=1S/C29H39N5O4/c1-20(2)15-26(33-28(37)22-10-13-34(3)14-11-22)29(38)32-19-24(35)18-31-27(36)17-21-7-6-8-23(16-21)25-9-4-5-12-30-25/h4-9,12,16,20,22,26H,10-11,13-15,17-19H2,1-3H3,(H,31,36)(H,32,38)(H,33,37). The first-order valence-corrected chi connectivity index (χ1v) is 13.3. The smallest absolute Gasteiger partial charge is 0.242 e. The number of carbonyl (C=O) groups excluding carboxylic acids is 4. The highest BCUT2D eigenvalue weighted by Gasteiger charge is 2.28. The first kappa shape index (κ1) is 29.0. The van der Waals surface area contributed by atoms with E-state index in [4.69, 9.17) is 0 Å². The Labute approximate surface area is 224 Å². The molecule has 0 radical (unpaired) electrons. The number of benzene rings is 1. The van der Waals surface area contributed by atoms with Crippen molar-refractivity contribution in [3.63, 3.8) is 0 Å². The summed E-state index contributed by atoms with van der Waals surface area (Å²) >= 11 is 0. The molecule has 0 spiro atoms. The molecule has 0 bridgehead atoms. The highest BCUT2D eigenvalue weighted by atomic mass is 16.2. The van der Waals surface area contributed by atoms with Gasteiger partial charge in [0.05, 0.1) is 25.2 Å². The fraction of sp³-hybridized carbons (Fsp3) is 0.483. The Morgan fingerprint density at radius 3 is 2.42 bits per heavy atom. The van der Waals surface area contributed by atoms with Gasteiger partial charge in [0, 0.05) is 17.7 Å². The normalized spacial score (nSPS) is 15.1. The summed E-state index contributed by atoms with van der Waals surface area (Å²) in [4.78, 5) is 56.8. The molecular weight excluding hydrogens is 482 g/mol. The molecule has 0 saturated carbocycles. The summed E-state index contributed by atoms with van der Waals surface area (Å²) in [7, 11) is 2.03. The molecule has 2 aromatic rings. The van der Waals surface area contributed by atoms with Crippen molar-refractivity contribution in [2.45, 2.75) is 45.6 Å². The van der Waals surface area contributed by atoms with E-state index in [0.717, 1.165) is 42.8 Å². The molecular formula is C29H39N5O4. The van der Waals surface area contributed by atoms with Gasteiger partial charge in [-0.05, 0) is 69.1 Å². The summed E-state index contributed by atoms with van der Waals surface area (Å²) in [5.74, 6) is -1.01. The molecule has 1 aliphatic rings. The number of pyridine rings is 1. The number of nitrogens with zero attached hydrogens (tertiary/aromatic N) is 2. The summed E-state index contributed by atoms with van der Waals surface area (Å²) in [6.45, 7) is 5.27. The van der Waals surface area contributed by atoms with E-state index in [1.807, 2.05) is 63.4 Å². The summed E-state index contributed by atoms with van der Waals surface area (Å²) in [6, 6.07) is 12.5. The Bertz CT molecular complexity index is 1100. The van der Waals surface area contributed by atoms with Crippen LogP contribution in [-0.4, -0.2) is 72.7 Å². The molecule has 9 heteroatoms. The van der Waals surface area contributed by atoms with E-state index in [9.17, 15) is 19.2 Å². The number of piperidine rings is 1. The molecule has 1 aliphatic heterocycles. The van der Waals surface area contributed by atoms with E-state index in [0.29, 0.717) is 6.42 Å². The average Bonchev–Trinajstić information content (AvgIpc) is 2.91. The molecule has 1 aromatic heterocycles. The van der Waals surface area contributed by atoms with Crippen molar-refractivity contribution in [2.24, 2.45) is 11.8 Å². The first-order chi connectivity index (χ1) is 18.2. The third kappa shape index (κ3) is 9.37. The Morgan fingerprint density at radius 2 is 1.74 bits per heavy atom. The highest BCUT2D eigenvalue weighted by molar-refractivity contribution is 5.93. The van der Waals surface area contributed by atoms with Crippen LogP contribution in [0.1, 0.15) is 38.7 Å². The molecule has 3 N–H and O–H groups in total. The van der Waals surface area contributed by atoms with Gasteiger partial charge in [0.1, 0.15) is 6.04 Å². The Balaban J connectivity index is 1.43. The fourth-order valence-electron chi connectivity index (χ4n) is 4.45. The maximum atomic E-state index is 12.8. The van der Waals surface area contributed by atoms with Gasteiger partial charge in [0.25, 0.3) is 0 Å². The van der Waals surface area contributed by atoms with Crippen molar-refractivity contribution in [3.05, 3.63) is 54.2 Å². The van der Waals surface area contributed by atoms with Gasteiger partial charge in [-0.1, -0.05) is 38.1 Å². The number of nitrogens with one attached hydrogen (secondary N) is 3. The number of amides is 3. The third-order valence-electron chi connectivity index (χ3n) is 6.62.